The van der Waals surface area contributed by atoms with Crippen LogP contribution in [0.2, 0.25) is 5.02 Å². The van der Waals surface area contributed by atoms with Gasteiger partial charge < -0.3 is 5.73 Å². The van der Waals surface area contributed by atoms with E-state index < -0.39 is 5.54 Å². The van der Waals surface area contributed by atoms with Crippen LogP contribution in [0.1, 0.15) is 36.0 Å². The van der Waals surface area contributed by atoms with Gasteiger partial charge >= 0.3 is 0 Å². The molecular weight excluding hydrogens is 285 g/mol. The van der Waals surface area contributed by atoms with Gasteiger partial charge in [0.2, 0.25) is 0 Å². The quantitative estimate of drug-likeness (QED) is 0.806. The number of fused-ring (bicyclic) bond motifs is 1. The molecule has 110 valence electrons. The predicted molar refractivity (Wildman–Crippen MR) is 85.0 cm³/mol. The van der Waals surface area contributed by atoms with Gasteiger partial charge in [0.05, 0.1) is 5.02 Å². The molecule has 1 unspecified atom stereocenters. The van der Waals surface area contributed by atoms with Crippen molar-refractivity contribution < 1.29 is 4.39 Å². The van der Waals surface area contributed by atoms with Gasteiger partial charge in [-0.15, -0.1) is 0 Å². The van der Waals surface area contributed by atoms with Gasteiger partial charge in [-0.1, -0.05) is 48.4 Å². The second-order valence-electron chi connectivity index (χ2n) is 5.95. The van der Waals surface area contributed by atoms with Crippen molar-refractivity contribution in [3.8, 4) is 0 Å². The molecule has 0 saturated carbocycles. The second kappa shape index (κ2) is 5.78. The molecule has 1 aliphatic carbocycles. The van der Waals surface area contributed by atoms with E-state index in [0.717, 1.165) is 24.8 Å². The van der Waals surface area contributed by atoms with E-state index in [1.807, 2.05) is 6.07 Å². The topological polar surface area (TPSA) is 26.0 Å². The van der Waals surface area contributed by atoms with Crippen molar-refractivity contribution in [3.05, 3.63) is 70.0 Å². The van der Waals surface area contributed by atoms with E-state index in [9.17, 15) is 4.39 Å². The number of halogens is 2. The Kier molecular flexibility index (Phi) is 4.01. The van der Waals surface area contributed by atoms with Crippen LogP contribution in [0.4, 0.5) is 4.39 Å². The highest BCUT2D eigenvalue weighted by atomic mass is 35.5. The summed E-state index contributed by atoms with van der Waals surface area (Å²) in [6.45, 7) is 0. The average molecular weight is 304 g/mol. The highest BCUT2D eigenvalue weighted by molar-refractivity contribution is 6.30. The lowest BCUT2D eigenvalue weighted by Gasteiger charge is -2.30. The lowest BCUT2D eigenvalue weighted by atomic mass is 9.80. The first-order chi connectivity index (χ1) is 10.1. The van der Waals surface area contributed by atoms with Crippen LogP contribution >= 0.6 is 11.6 Å². The average Bonchev–Trinajstić information content (AvgIpc) is 2.63. The van der Waals surface area contributed by atoms with Crippen molar-refractivity contribution in [2.45, 2.75) is 37.6 Å². The zero-order valence-corrected chi connectivity index (χ0v) is 12.7. The normalized spacial score (nSPS) is 21.7. The summed E-state index contributed by atoms with van der Waals surface area (Å²) in [6, 6.07) is 13.3. The molecule has 2 aromatic carbocycles. The molecule has 0 aliphatic heterocycles. The van der Waals surface area contributed by atoms with Crippen LogP contribution in [0.3, 0.4) is 0 Å². The van der Waals surface area contributed by atoms with Crippen molar-refractivity contribution in [3.63, 3.8) is 0 Å². The van der Waals surface area contributed by atoms with Crippen LogP contribution in [-0.2, 0) is 18.4 Å². The van der Waals surface area contributed by atoms with Crippen LogP contribution in [0, 0.1) is 5.82 Å². The summed E-state index contributed by atoms with van der Waals surface area (Å²) < 4.78 is 13.3. The molecule has 3 rings (SSSR count). The van der Waals surface area contributed by atoms with Crippen molar-refractivity contribution in [2.24, 2.45) is 5.73 Å². The molecule has 0 radical (unpaired) electrons. The largest absolute Gasteiger partial charge is 0.321 e. The minimum atomic E-state index is -0.395. The number of benzene rings is 2. The Balaban J connectivity index is 1.97. The van der Waals surface area contributed by atoms with Crippen LogP contribution in [0.5, 0.6) is 0 Å². The fraction of sp³-hybridized carbons (Fsp3) is 0.333. The van der Waals surface area contributed by atoms with E-state index in [2.05, 4.69) is 18.2 Å². The monoisotopic (exact) mass is 303 g/mol. The summed E-state index contributed by atoms with van der Waals surface area (Å²) in [4.78, 5) is 0. The Labute approximate surface area is 129 Å². The van der Waals surface area contributed by atoms with Gasteiger partial charge in [0.15, 0.2) is 0 Å². The minimum absolute atomic E-state index is 0.165. The number of hydrogen-bond donors (Lipinski definition) is 1. The molecule has 1 nitrogen and oxygen atoms in total. The molecule has 0 heterocycles. The molecule has 2 aromatic rings. The molecule has 1 atom stereocenters. The summed E-state index contributed by atoms with van der Waals surface area (Å²) in [5, 5.41) is 0.165. The third-order valence-corrected chi connectivity index (χ3v) is 4.67. The van der Waals surface area contributed by atoms with E-state index in [0.29, 0.717) is 6.42 Å². The number of nitrogens with two attached hydrogens (primary N) is 1. The number of aryl methyl sites for hydroxylation is 1. The van der Waals surface area contributed by atoms with Crippen molar-refractivity contribution in [1.29, 1.82) is 0 Å². The second-order valence-corrected chi connectivity index (χ2v) is 6.35. The molecular formula is C18H19ClFN. The summed E-state index contributed by atoms with van der Waals surface area (Å²) >= 11 is 5.89. The van der Waals surface area contributed by atoms with Gasteiger partial charge in [-0.25, -0.2) is 4.39 Å². The summed E-state index contributed by atoms with van der Waals surface area (Å²) in [7, 11) is 0. The summed E-state index contributed by atoms with van der Waals surface area (Å²) in [5.74, 6) is -0.382. The molecule has 3 heteroatoms. The summed E-state index contributed by atoms with van der Waals surface area (Å²) in [5.41, 5.74) is 9.91. The molecule has 0 amide bonds. The van der Waals surface area contributed by atoms with E-state index in [4.69, 9.17) is 17.3 Å². The van der Waals surface area contributed by atoms with Gasteiger partial charge in [-0.3, -0.25) is 0 Å². The first-order valence-corrected chi connectivity index (χ1v) is 7.77. The minimum Gasteiger partial charge on any atom is -0.321 e. The Morgan fingerprint density at radius 1 is 1.14 bits per heavy atom. The Hall–Kier alpha value is -1.38. The van der Waals surface area contributed by atoms with Crippen molar-refractivity contribution >= 4 is 11.6 Å². The first-order valence-electron chi connectivity index (χ1n) is 7.40. The molecule has 2 N–H and O–H groups in total. The van der Waals surface area contributed by atoms with Gasteiger partial charge in [-0.05, 0) is 54.5 Å². The highest BCUT2D eigenvalue weighted by Gasteiger charge is 2.31. The van der Waals surface area contributed by atoms with Crippen molar-refractivity contribution in [2.75, 3.05) is 0 Å². The molecule has 1 aliphatic rings. The fourth-order valence-corrected chi connectivity index (χ4v) is 3.52. The van der Waals surface area contributed by atoms with Gasteiger partial charge in [-0.2, -0.15) is 0 Å². The molecule has 0 aromatic heterocycles. The maximum Gasteiger partial charge on any atom is 0.141 e. The third kappa shape index (κ3) is 2.97. The van der Waals surface area contributed by atoms with E-state index >= 15 is 0 Å². The van der Waals surface area contributed by atoms with E-state index in [-0.39, 0.29) is 10.8 Å². The molecule has 21 heavy (non-hydrogen) atoms. The Morgan fingerprint density at radius 2 is 1.95 bits per heavy atom. The standard InChI is InChI=1S/C18H19ClFN/c19-16-11-13(8-9-17(16)20)12-18(21)10-4-3-6-14-5-1-2-7-15(14)18/h1-2,5,7-9,11H,3-4,6,10,12,21H2. The summed E-state index contributed by atoms with van der Waals surface area (Å²) in [6.07, 6.45) is 4.99. The van der Waals surface area contributed by atoms with Gasteiger partial charge in [0.1, 0.15) is 5.82 Å². The van der Waals surface area contributed by atoms with E-state index in [1.165, 1.54) is 23.6 Å². The van der Waals surface area contributed by atoms with E-state index in [1.54, 1.807) is 12.1 Å². The first kappa shape index (κ1) is 14.6. The zero-order chi connectivity index (χ0) is 14.9. The predicted octanol–water partition coefficient (Wildman–Crippen LogP) is 4.60. The maximum atomic E-state index is 13.3. The van der Waals surface area contributed by atoms with Crippen LogP contribution < -0.4 is 5.73 Å². The SMILES string of the molecule is NC1(Cc2ccc(F)c(Cl)c2)CCCCc2ccccc21. The van der Waals surface area contributed by atoms with Gasteiger partial charge in [0, 0.05) is 5.54 Å². The smallest absolute Gasteiger partial charge is 0.141 e. The van der Waals surface area contributed by atoms with Crippen LogP contribution in [-0.4, -0.2) is 0 Å². The van der Waals surface area contributed by atoms with Crippen LogP contribution in [0.25, 0.3) is 0 Å². The molecule has 0 bridgehead atoms. The Bertz CT molecular complexity index is 655. The van der Waals surface area contributed by atoms with Crippen LogP contribution in [0.15, 0.2) is 42.5 Å². The number of rotatable bonds is 2. The maximum absolute atomic E-state index is 13.3. The van der Waals surface area contributed by atoms with Gasteiger partial charge in [0.25, 0.3) is 0 Å². The third-order valence-electron chi connectivity index (χ3n) is 4.38. The highest BCUT2D eigenvalue weighted by Crippen LogP contribution is 2.35. The Morgan fingerprint density at radius 3 is 2.76 bits per heavy atom. The lowest BCUT2D eigenvalue weighted by molar-refractivity contribution is 0.398. The number of hydrogen-bond acceptors (Lipinski definition) is 1. The fourth-order valence-electron chi connectivity index (χ4n) is 3.31. The van der Waals surface area contributed by atoms with Crippen molar-refractivity contribution in [1.82, 2.24) is 0 Å². The lowest BCUT2D eigenvalue weighted by Crippen LogP contribution is -2.39. The molecule has 0 saturated heterocycles. The molecule has 0 spiro atoms. The zero-order valence-electron chi connectivity index (χ0n) is 11.9. The molecule has 0 fully saturated rings.